The number of hydrogen-bond donors (Lipinski definition) is 1. The number of thioether (sulfide) groups is 1. The molecule has 0 radical (unpaired) electrons. The number of aliphatic hydroxyl groups excluding tert-OH is 1. The lowest BCUT2D eigenvalue weighted by Gasteiger charge is -2.10. The summed E-state index contributed by atoms with van der Waals surface area (Å²) in [6, 6.07) is 0. The summed E-state index contributed by atoms with van der Waals surface area (Å²) in [6.07, 6.45) is 6.52. The minimum Gasteiger partial charge on any atom is -0.391 e. The van der Waals surface area contributed by atoms with Gasteiger partial charge in [-0.3, -0.25) is 0 Å². The molecule has 3 nitrogen and oxygen atoms in total. The molecule has 0 spiro atoms. The van der Waals surface area contributed by atoms with E-state index in [4.69, 9.17) is 11.6 Å². The smallest absolute Gasteiger partial charge is 0.139 e. The van der Waals surface area contributed by atoms with Crippen molar-refractivity contribution < 1.29 is 5.11 Å². The highest BCUT2D eigenvalue weighted by Gasteiger charge is 2.19. The Bertz CT molecular complexity index is 342. The van der Waals surface area contributed by atoms with E-state index in [0.717, 1.165) is 5.03 Å². The van der Waals surface area contributed by atoms with Crippen molar-refractivity contribution in [2.75, 3.05) is 0 Å². The Morgan fingerprint density at radius 3 is 2.80 bits per heavy atom. The van der Waals surface area contributed by atoms with Crippen molar-refractivity contribution in [1.82, 2.24) is 9.97 Å². The number of nitrogens with zero attached hydrogens (tertiary/aromatic N) is 2. The minimum absolute atomic E-state index is 0.0886. The van der Waals surface area contributed by atoms with Crippen LogP contribution in [0.3, 0.4) is 0 Å². The number of rotatable bonds is 3. The van der Waals surface area contributed by atoms with Crippen molar-refractivity contribution in [2.24, 2.45) is 0 Å². The number of halogens is 1. The van der Waals surface area contributed by atoms with Crippen molar-refractivity contribution in [3.05, 3.63) is 17.0 Å². The van der Waals surface area contributed by atoms with Crippen LogP contribution in [0, 0.1) is 0 Å². The first kappa shape index (κ1) is 11.2. The molecule has 1 aromatic rings. The van der Waals surface area contributed by atoms with E-state index in [2.05, 4.69) is 9.97 Å². The van der Waals surface area contributed by atoms with Crippen LogP contribution < -0.4 is 0 Å². The maximum Gasteiger partial charge on any atom is 0.139 e. The lowest BCUT2D eigenvalue weighted by Crippen LogP contribution is -2.00. The van der Waals surface area contributed by atoms with E-state index in [0.29, 0.717) is 16.0 Å². The van der Waals surface area contributed by atoms with Crippen molar-refractivity contribution in [1.29, 1.82) is 0 Å². The molecule has 1 N–H and O–H groups in total. The van der Waals surface area contributed by atoms with Crippen molar-refractivity contribution in [3.63, 3.8) is 0 Å². The van der Waals surface area contributed by atoms with Gasteiger partial charge in [0, 0.05) is 10.8 Å². The van der Waals surface area contributed by atoms with E-state index in [1.807, 2.05) is 0 Å². The molecule has 1 saturated carbocycles. The molecular formula is C10H13ClN2OS. The predicted octanol–water partition coefficient (Wildman–Crippen LogP) is 2.66. The van der Waals surface area contributed by atoms with Gasteiger partial charge in [0.25, 0.3) is 0 Å². The van der Waals surface area contributed by atoms with Crippen molar-refractivity contribution >= 4 is 23.4 Å². The Kier molecular flexibility index (Phi) is 3.83. The van der Waals surface area contributed by atoms with Crippen LogP contribution in [0.25, 0.3) is 0 Å². The van der Waals surface area contributed by atoms with Crippen LogP contribution in [0.15, 0.2) is 11.4 Å². The average molecular weight is 245 g/mol. The molecule has 0 saturated heterocycles. The Hall–Kier alpha value is -0.320. The molecule has 0 atom stereocenters. The normalized spacial score (nSPS) is 17.2. The Morgan fingerprint density at radius 1 is 1.40 bits per heavy atom. The Balaban J connectivity index is 2.15. The maximum absolute atomic E-state index is 9.20. The number of hydrogen-bond acceptors (Lipinski definition) is 4. The standard InChI is InChI=1S/C10H13ClN2OS/c11-9-8(5-14)10(13-6-12-9)15-7-3-1-2-4-7/h6-7,14H,1-5H2. The van der Waals surface area contributed by atoms with E-state index >= 15 is 0 Å². The van der Waals surface area contributed by atoms with Gasteiger partial charge in [-0.1, -0.05) is 24.4 Å². The molecule has 1 aliphatic rings. The zero-order valence-corrected chi connectivity index (χ0v) is 9.89. The fourth-order valence-corrected chi connectivity index (χ4v) is 3.32. The number of aliphatic hydroxyl groups is 1. The van der Waals surface area contributed by atoms with Gasteiger partial charge in [-0.25, -0.2) is 9.97 Å². The van der Waals surface area contributed by atoms with E-state index in [9.17, 15) is 5.11 Å². The minimum atomic E-state index is -0.0886. The summed E-state index contributed by atoms with van der Waals surface area (Å²) in [5.74, 6) is 0. The highest BCUT2D eigenvalue weighted by molar-refractivity contribution is 7.99. The van der Waals surface area contributed by atoms with Gasteiger partial charge in [0.15, 0.2) is 0 Å². The van der Waals surface area contributed by atoms with Gasteiger partial charge in [0.05, 0.1) is 6.61 Å². The average Bonchev–Trinajstić information content (AvgIpc) is 2.71. The molecule has 1 aromatic heterocycles. The molecule has 0 aromatic carbocycles. The van der Waals surface area contributed by atoms with Gasteiger partial charge in [-0.2, -0.15) is 0 Å². The van der Waals surface area contributed by atoms with Crippen LogP contribution in [0.5, 0.6) is 0 Å². The molecule has 1 heterocycles. The summed E-state index contributed by atoms with van der Waals surface area (Å²) in [6.45, 7) is -0.0886. The summed E-state index contributed by atoms with van der Waals surface area (Å²) in [4.78, 5) is 8.05. The van der Waals surface area contributed by atoms with E-state index < -0.39 is 0 Å². The fraction of sp³-hybridized carbons (Fsp3) is 0.600. The Morgan fingerprint density at radius 2 is 2.13 bits per heavy atom. The highest BCUT2D eigenvalue weighted by atomic mass is 35.5. The summed E-state index contributed by atoms with van der Waals surface area (Å²) in [5, 5.41) is 11.0. The summed E-state index contributed by atoms with van der Waals surface area (Å²) >= 11 is 7.61. The van der Waals surface area contributed by atoms with Crippen molar-refractivity contribution in [3.8, 4) is 0 Å². The first-order valence-corrected chi connectivity index (χ1v) is 6.34. The van der Waals surface area contributed by atoms with Gasteiger partial charge < -0.3 is 5.11 Å². The van der Waals surface area contributed by atoms with Gasteiger partial charge in [0.1, 0.15) is 16.5 Å². The fourth-order valence-electron chi connectivity index (χ4n) is 1.77. The third-order valence-electron chi connectivity index (χ3n) is 2.59. The molecular weight excluding hydrogens is 232 g/mol. The monoisotopic (exact) mass is 244 g/mol. The summed E-state index contributed by atoms with van der Waals surface area (Å²) in [5.41, 5.74) is 0.663. The van der Waals surface area contributed by atoms with Crippen LogP contribution in [0.1, 0.15) is 31.2 Å². The second-order valence-corrected chi connectivity index (χ2v) is 5.28. The maximum atomic E-state index is 9.20. The molecule has 1 aliphatic carbocycles. The molecule has 2 rings (SSSR count). The lowest BCUT2D eigenvalue weighted by atomic mass is 10.4. The molecule has 1 fully saturated rings. The first-order chi connectivity index (χ1) is 7.31. The molecule has 0 amide bonds. The second-order valence-electron chi connectivity index (χ2n) is 3.63. The molecule has 5 heteroatoms. The zero-order valence-electron chi connectivity index (χ0n) is 8.32. The van der Waals surface area contributed by atoms with Crippen LogP contribution >= 0.6 is 23.4 Å². The van der Waals surface area contributed by atoms with Crippen molar-refractivity contribution in [2.45, 2.75) is 42.6 Å². The Labute approximate surface area is 98.3 Å². The molecule has 82 valence electrons. The van der Waals surface area contributed by atoms with Gasteiger partial charge in [0.2, 0.25) is 0 Å². The molecule has 0 unspecified atom stereocenters. The van der Waals surface area contributed by atoms with Gasteiger partial charge in [-0.05, 0) is 12.8 Å². The topological polar surface area (TPSA) is 46.0 Å². The quantitative estimate of drug-likeness (QED) is 0.831. The zero-order chi connectivity index (χ0) is 10.7. The second kappa shape index (κ2) is 5.14. The first-order valence-electron chi connectivity index (χ1n) is 5.08. The third-order valence-corrected chi connectivity index (χ3v) is 4.30. The van der Waals surface area contributed by atoms with Crippen LogP contribution in [0.2, 0.25) is 5.15 Å². The summed E-state index contributed by atoms with van der Waals surface area (Å²) < 4.78 is 0. The summed E-state index contributed by atoms with van der Waals surface area (Å²) in [7, 11) is 0. The largest absolute Gasteiger partial charge is 0.391 e. The van der Waals surface area contributed by atoms with Crippen LogP contribution in [0.4, 0.5) is 0 Å². The third kappa shape index (κ3) is 2.62. The van der Waals surface area contributed by atoms with Gasteiger partial charge >= 0.3 is 0 Å². The lowest BCUT2D eigenvalue weighted by molar-refractivity contribution is 0.277. The molecule has 0 bridgehead atoms. The molecule has 15 heavy (non-hydrogen) atoms. The van der Waals surface area contributed by atoms with E-state index in [-0.39, 0.29) is 6.61 Å². The SMILES string of the molecule is OCc1c(Cl)ncnc1SC1CCCC1. The van der Waals surface area contributed by atoms with Crippen LogP contribution in [-0.2, 0) is 6.61 Å². The van der Waals surface area contributed by atoms with Crippen LogP contribution in [-0.4, -0.2) is 20.3 Å². The number of aromatic nitrogens is 2. The van der Waals surface area contributed by atoms with E-state index in [1.165, 1.54) is 32.0 Å². The highest BCUT2D eigenvalue weighted by Crippen LogP contribution is 2.36. The van der Waals surface area contributed by atoms with Gasteiger partial charge in [-0.15, -0.1) is 11.8 Å². The molecule has 0 aliphatic heterocycles. The van der Waals surface area contributed by atoms with E-state index in [1.54, 1.807) is 11.8 Å². The predicted molar refractivity (Wildman–Crippen MR) is 61.1 cm³/mol.